The summed E-state index contributed by atoms with van der Waals surface area (Å²) < 4.78 is 20.9. The smallest absolute Gasteiger partial charge is 0.364 e. The van der Waals surface area contributed by atoms with E-state index in [0.717, 1.165) is 5.56 Å². The first-order chi connectivity index (χ1) is 13.5. The van der Waals surface area contributed by atoms with E-state index in [4.69, 9.17) is 16.3 Å². The second-order valence-electron chi connectivity index (χ2n) is 6.35. The first-order valence-corrected chi connectivity index (χ1v) is 9.01. The molecule has 0 fully saturated rings. The molecular weight excluding hydrogens is 377 g/mol. The lowest BCUT2D eigenvalue weighted by Crippen LogP contribution is -2.33. The third-order valence-electron chi connectivity index (χ3n) is 4.40. The van der Waals surface area contributed by atoms with Crippen LogP contribution >= 0.6 is 11.6 Å². The molecule has 3 aromatic rings. The molecule has 0 N–H and O–H groups in total. The Labute approximate surface area is 168 Å². The molecule has 0 saturated carbocycles. The van der Waals surface area contributed by atoms with E-state index in [1.54, 1.807) is 60.7 Å². The molecule has 28 heavy (non-hydrogen) atoms. The molecule has 0 aliphatic heterocycles. The van der Waals surface area contributed by atoms with Crippen LogP contribution < -0.4 is 0 Å². The molecule has 2 atom stereocenters. The van der Waals surface area contributed by atoms with E-state index in [1.165, 1.54) is 18.2 Å². The van der Waals surface area contributed by atoms with Crippen LogP contribution in [0.5, 0.6) is 0 Å². The van der Waals surface area contributed by atoms with Crippen LogP contribution in [-0.4, -0.2) is 5.97 Å². The number of carbonyl (C=O) groups excluding carboxylic acids is 1. The summed E-state index contributed by atoms with van der Waals surface area (Å²) in [7, 11) is 0. The van der Waals surface area contributed by atoms with E-state index < -0.39 is 17.7 Å². The minimum Gasteiger partial charge on any atom is -0.449 e. The summed E-state index contributed by atoms with van der Waals surface area (Å²) in [6.07, 6.45) is -0.948. The minimum atomic E-state index is -2.93. The lowest BCUT2D eigenvalue weighted by molar-refractivity contribution is -0.158. The van der Waals surface area contributed by atoms with Crippen LogP contribution in [0, 0.1) is 18.3 Å². The number of carbonyl (C=O) groups is 1. The molecule has 0 spiro atoms. The first-order valence-electron chi connectivity index (χ1n) is 8.63. The van der Waals surface area contributed by atoms with Crippen LogP contribution in [0.15, 0.2) is 78.9 Å². The molecule has 0 aromatic heterocycles. The number of alkyl halides is 1. The van der Waals surface area contributed by atoms with Crippen molar-refractivity contribution in [2.24, 2.45) is 0 Å². The van der Waals surface area contributed by atoms with Crippen molar-refractivity contribution in [1.82, 2.24) is 0 Å². The predicted octanol–water partition coefficient (Wildman–Crippen LogP) is 5.67. The average Bonchev–Trinajstić information content (AvgIpc) is 2.73. The van der Waals surface area contributed by atoms with Crippen LogP contribution in [0.25, 0.3) is 0 Å². The summed E-state index contributed by atoms with van der Waals surface area (Å²) in [5.41, 5.74) is -0.990. The van der Waals surface area contributed by atoms with E-state index in [-0.39, 0.29) is 5.56 Å². The van der Waals surface area contributed by atoms with Gasteiger partial charge in [0.2, 0.25) is 0 Å². The molecule has 0 bridgehead atoms. The minimum absolute atomic E-state index is 0.0726. The van der Waals surface area contributed by atoms with Crippen LogP contribution in [0.3, 0.4) is 0 Å². The van der Waals surface area contributed by atoms with Crippen molar-refractivity contribution in [3.05, 3.63) is 106 Å². The summed E-state index contributed by atoms with van der Waals surface area (Å²) in [4.78, 5) is 12.8. The summed E-state index contributed by atoms with van der Waals surface area (Å²) >= 11 is 6.28. The number of halogens is 2. The average molecular weight is 394 g/mol. The second-order valence-corrected chi connectivity index (χ2v) is 6.76. The van der Waals surface area contributed by atoms with Crippen LogP contribution in [0.2, 0.25) is 5.02 Å². The first kappa shape index (κ1) is 19.6. The van der Waals surface area contributed by atoms with Gasteiger partial charge in [-0.3, -0.25) is 0 Å². The lowest BCUT2D eigenvalue weighted by atomic mass is 9.95. The van der Waals surface area contributed by atoms with Crippen LogP contribution in [-0.2, 0) is 15.2 Å². The lowest BCUT2D eigenvalue weighted by Gasteiger charge is -2.24. The Kier molecular flexibility index (Phi) is 5.77. The van der Waals surface area contributed by atoms with Gasteiger partial charge in [-0.15, -0.1) is 0 Å². The second kappa shape index (κ2) is 8.24. The van der Waals surface area contributed by atoms with Gasteiger partial charge in [-0.2, -0.15) is 5.26 Å². The molecule has 3 rings (SSSR count). The van der Waals surface area contributed by atoms with E-state index in [2.05, 4.69) is 0 Å². The summed E-state index contributed by atoms with van der Waals surface area (Å²) in [5, 5.41) is 9.81. The quantitative estimate of drug-likeness (QED) is 0.525. The standard InChI is InChI=1S/C23H17ClFNO2/c1-16-11-13-18(14-12-16)23(25,15-26)22(27)28-21(17-7-3-2-4-8-17)19-9-5-6-10-20(19)24/h2-14,21H,1H3/t21-,23-/m0/s1. The molecule has 140 valence electrons. The van der Waals surface area contributed by atoms with Gasteiger partial charge < -0.3 is 4.74 Å². The van der Waals surface area contributed by atoms with Crippen molar-refractivity contribution < 1.29 is 13.9 Å². The third kappa shape index (κ3) is 3.90. The molecule has 3 aromatic carbocycles. The highest BCUT2D eigenvalue weighted by molar-refractivity contribution is 6.31. The Morgan fingerprint density at radius 3 is 2.25 bits per heavy atom. The number of nitrogens with zero attached hydrogens (tertiary/aromatic N) is 1. The van der Waals surface area contributed by atoms with Gasteiger partial charge in [0.1, 0.15) is 6.07 Å². The SMILES string of the molecule is Cc1ccc([C@@](F)(C#N)C(=O)O[C@@H](c2ccccc2)c2ccccc2Cl)cc1. The Morgan fingerprint density at radius 2 is 1.64 bits per heavy atom. The van der Waals surface area contributed by atoms with Gasteiger partial charge in [0.25, 0.3) is 0 Å². The third-order valence-corrected chi connectivity index (χ3v) is 4.74. The van der Waals surface area contributed by atoms with E-state index in [0.29, 0.717) is 16.1 Å². The number of hydrogen-bond acceptors (Lipinski definition) is 3. The van der Waals surface area contributed by atoms with Crippen molar-refractivity contribution in [1.29, 1.82) is 5.26 Å². The molecule has 3 nitrogen and oxygen atoms in total. The molecule has 0 saturated heterocycles. The van der Waals surface area contributed by atoms with E-state index in [1.807, 2.05) is 13.0 Å². The molecule has 0 radical (unpaired) electrons. The highest BCUT2D eigenvalue weighted by Gasteiger charge is 2.44. The molecular formula is C23H17ClFNO2. The molecule has 5 heteroatoms. The van der Waals surface area contributed by atoms with Gasteiger partial charge in [-0.25, -0.2) is 9.18 Å². The maximum atomic E-state index is 15.4. The number of nitriles is 1. The zero-order chi connectivity index (χ0) is 20.1. The largest absolute Gasteiger partial charge is 0.449 e. The normalized spacial score (nSPS) is 13.8. The zero-order valence-electron chi connectivity index (χ0n) is 15.1. The highest BCUT2D eigenvalue weighted by Crippen LogP contribution is 2.35. The number of esters is 1. The van der Waals surface area contributed by atoms with Crippen LogP contribution in [0.1, 0.15) is 28.4 Å². The molecule has 0 amide bonds. The van der Waals surface area contributed by atoms with Gasteiger partial charge in [0, 0.05) is 16.1 Å². The zero-order valence-corrected chi connectivity index (χ0v) is 15.9. The number of aryl methyl sites for hydroxylation is 1. The van der Waals surface area contributed by atoms with Gasteiger partial charge >= 0.3 is 11.6 Å². The van der Waals surface area contributed by atoms with Gasteiger partial charge in [-0.1, -0.05) is 90.0 Å². The molecule has 0 unspecified atom stereocenters. The van der Waals surface area contributed by atoms with E-state index >= 15 is 4.39 Å². The Hall–Kier alpha value is -3.16. The van der Waals surface area contributed by atoms with Gasteiger partial charge in [0.05, 0.1) is 0 Å². The van der Waals surface area contributed by atoms with Crippen molar-refractivity contribution >= 4 is 17.6 Å². The molecule has 0 aliphatic carbocycles. The summed E-state index contributed by atoms with van der Waals surface area (Å²) in [5.74, 6) is -1.28. The number of rotatable bonds is 5. The summed E-state index contributed by atoms with van der Waals surface area (Å²) in [6, 6.07) is 23.3. The van der Waals surface area contributed by atoms with Crippen molar-refractivity contribution in [3.8, 4) is 6.07 Å². The molecule has 0 heterocycles. The predicted molar refractivity (Wildman–Crippen MR) is 105 cm³/mol. The maximum absolute atomic E-state index is 15.4. The van der Waals surface area contributed by atoms with Crippen LogP contribution in [0.4, 0.5) is 4.39 Å². The van der Waals surface area contributed by atoms with Gasteiger partial charge in [0.15, 0.2) is 6.10 Å². The molecule has 0 aliphatic rings. The highest BCUT2D eigenvalue weighted by atomic mass is 35.5. The van der Waals surface area contributed by atoms with Gasteiger partial charge in [-0.05, 0) is 18.6 Å². The number of benzene rings is 3. The van der Waals surface area contributed by atoms with Crippen molar-refractivity contribution in [2.75, 3.05) is 0 Å². The Morgan fingerprint density at radius 1 is 1.04 bits per heavy atom. The monoisotopic (exact) mass is 393 g/mol. The fourth-order valence-corrected chi connectivity index (χ4v) is 3.06. The number of hydrogen-bond donors (Lipinski definition) is 0. The Balaban J connectivity index is 2.00. The Bertz CT molecular complexity index is 1010. The number of ether oxygens (including phenoxy) is 1. The van der Waals surface area contributed by atoms with Crippen molar-refractivity contribution in [3.63, 3.8) is 0 Å². The fourth-order valence-electron chi connectivity index (χ4n) is 2.83. The van der Waals surface area contributed by atoms with E-state index in [9.17, 15) is 10.1 Å². The van der Waals surface area contributed by atoms with Crippen molar-refractivity contribution in [2.45, 2.75) is 18.7 Å². The fraction of sp³-hybridized carbons (Fsp3) is 0.130. The summed E-state index contributed by atoms with van der Waals surface area (Å²) in [6.45, 7) is 1.83. The topological polar surface area (TPSA) is 50.1 Å². The maximum Gasteiger partial charge on any atom is 0.364 e.